The molecule has 0 spiro atoms. The summed E-state index contributed by atoms with van der Waals surface area (Å²) in [5.74, 6) is 1.18. The number of nitrogens with zero attached hydrogens (tertiary/aromatic N) is 1. The van der Waals surface area contributed by atoms with E-state index in [0.717, 1.165) is 12.8 Å². The molecule has 154 valence electrons. The Morgan fingerprint density at radius 3 is 2.45 bits per heavy atom. The molecule has 3 rings (SSSR count). The van der Waals surface area contributed by atoms with Gasteiger partial charge in [-0.25, -0.2) is 0 Å². The standard InChI is InChI=1S/C22H26N2O5/c1-28-19-5-7-20(8-6-19)29-15-21(26)23-18-4-2-3-17(13-18)22(27)24-11-9-16(14-25)10-12-24/h2-8,13,16,25H,9-12,14-15H2,1H3,(H,23,26). The summed E-state index contributed by atoms with van der Waals surface area (Å²) in [6, 6.07) is 13.9. The first kappa shape index (κ1) is 20.7. The van der Waals surface area contributed by atoms with Crippen molar-refractivity contribution in [2.24, 2.45) is 5.92 Å². The second-order valence-electron chi connectivity index (χ2n) is 7.01. The largest absolute Gasteiger partial charge is 0.497 e. The van der Waals surface area contributed by atoms with Crippen LogP contribution in [-0.2, 0) is 4.79 Å². The first-order chi connectivity index (χ1) is 14.1. The SMILES string of the molecule is COc1ccc(OCC(=O)Nc2cccc(C(=O)N3CCC(CO)CC3)c2)cc1. The van der Waals surface area contributed by atoms with Gasteiger partial charge in [-0.1, -0.05) is 6.07 Å². The van der Waals surface area contributed by atoms with Crippen LogP contribution in [0.2, 0.25) is 0 Å². The van der Waals surface area contributed by atoms with Gasteiger partial charge in [0.25, 0.3) is 11.8 Å². The van der Waals surface area contributed by atoms with Crippen LogP contribution in [0.3, 0.4) is 0 Å². The first-order valence-electron chi connectivity index (χ1n) is 9.66. The van der Waals surface area contributed by atoms with Gasteiger partial charge in [-0.05, 0) is 61.2 Å². The van der Waals surface area contributed by atoms with Crippen molar-refractivity contribution in [1.82, 2.24) is 4.90 Å². The lowest BCUT2D eigenvalue weighted by Gasteiger charge is -2.31. The van der Waals surface area contributed by atoms with Crippen LogP contribution in [0.5, 0.6) is 11.5 Å². The topological polar surface area (TPSA) is 88.1 Å². The molecule has 2 amide bonds. The predicted octanol–water partition coefficient (Wildman–Crippen LogP) is 2.56. The molecule has 7 nitrogen and oxygen atoms in total. The van der Waals surface area contributed by atoms with Gasteiger partial charge in [-0.3, -0.25) is 9.59 Å². The van der Waals surface area contributed by atoms with Gasteiger partial charge in [0.15, 0.2) is 6.61 Å². The minimum absolute atomic E-state index is 0.0630. The fourth-order valence-corrected chi connectivity index (χ4v) is 3.25. The lowest BCUT2D eigenvalue weighted by Crippen LogP contribution is -2.39. The van der Waals surface area contributed by atoms with Gasteiger partial charge in [0.2, 0.25) is 0 Å². The second kappa shape index (κ2) is 9.93. The minimum atomic E-state index is -0.311. The maximum absolute atomic E-state index is 12.7. The van der Waals surface area contributed by atoms with Crippen molar-refractivity contribution in [2.75, 3.05) is 38.7 Å². The molecule has 1 heterocycles. The molecule has 0 bridgehead atoms. The monoisotopic (exact) mass is 398 g/mol. The summed E-state index contributed by atoms with van der Waals surface area (Å²) in [5, 5.41) is 12.0. The van der Waals surface area contributed by atoms with Gasteiger partial charge in [0, 0.05) is 30.9 Å². The van der Waals surface area contributed by atoms with E-state index >= 15 is 0 Å². The number of hydrogen-bond donors (Lipinski definition) is 2. The number of aliphatic hydroxyl groups excluding tert-OH is 1. The zero-order valence-corrected chi connectivity index (χ0v) is 16.5. The molecular formula is C22H26N2O5. The average Bonchev–Trinajstić information content (AvgIpc) is 2.78. The van der Waals surface area contributed by atoms with Crippen molar-refractivity contribution in [3.05, 3.63) is 54.1 Å². The summed E-state index contributed by atoms with van der Waals surface area (Å²) in [5.41, 5.74) is 1.07. The number of likely N-dealkylation sites (tertiary alicyclic amines) is 1. The minimum Gasteiger partial charge on any atom is -0.497 e. The number of benzene rings is 2. The van der Waals surface area contributed by atoms with Crippen LogP contribution in [0, 0.1) is 5.92 Å². The zero-order chi connectivity index (χ0) is 20.6. The number of carbonyl (C=O) groups is 2. The van der Waals surface area contributed by atoms with Crippen molar-refractivity contribution in [3.8, 4) is 11.5 Å². The average molecular weight is 398 g/mol. The van der Waals surface area contributed by atoms with Gasteiger partial charge >= 0.3 is 0 Å². The van der Waals surface area contributed by atoms with Crippen LogP contribution >= 0.6 is 0 Å². The van der Waals surface area contributed by atoms with Crippen molar-refractivity contribution < 1.29 is 24.2 Å². The Hall–Kier alpha value is -3.06. The number of nitrogens with one attached hydrogen (secondary N) is 1. The van der Waals surface area contributed by atoms with E-state index in [1.54, 1.807) is 60.5 Å². The smallest absolute Gasteiger partial charge is 0.262 e. The molecule has 1 aliphatic rings. The Balaban J connectivity index is 1.53. The zero-order valence-electron chi connectivity index (χ0n) is 16.5. The number of amides is 2. The summed E-state index contributed by atoms with van der Waals surface area (Å²) in [6.07, 6.45) is 1.61. The molecule has 0 unspecified atom stereocenters. The van der Waals surface area contributed by atoms with E-state index in [1.165, 1.54) is 0 Å². The van der Waals surface area contributed by atoms with Crippen LogP contribution in [0.25, 0.3) is 0 Å². The van der Waals surface area contributed by atoms with E-state index in [0.29, 0.717) is 35.8 Å². The Bertz CT molecular complexity index is 829. The van der Waals surface area contributed by atoms with Gasteiger partial charge in [0.1, 0.15) is 11.5 Å². The molecule has 2 N–H and O–H groups in total. The predicted molar refractivity (Wildman–Crippen MR) is 109 cm³/mol. The lowest BCUT2D eigenvalue weighted by molar-refractivity contribution is -0.118. The van der Waals surface area contributed by atoms with Crippen molar-refractivity contribution in [3.63, 3.8) is 0 Å². The van der Waals surface area contributed by atoms with Crippen LogP contribution < -0.4 is 14.8 Å². The molecule has 0 aromatic heterocycles. The maximum Gasteiger partial charge on any atom is 0.262 e. The fraction of sp³-hybridized carbons (Fsp3) is 0.364. The molecule has 2 aromatic rings. The van der Waals surface area contributed by atoms with Crippen molar-refractivity contribution in [2.45, 2.75) is 12.8 Å². The summed E-state index contributed by atoms with van der Waals surface area (Å²) < 4.78 is 10.6. The highest BCUT2D eigenvalue weighted by Crippen LogP contribution is 2.20. The molecule has 0 radical (unpaired) electrons. The highest BCUT2D eigenvalue weighted by molar-refractivity contribution is 5.97. The van der Waals surface area contributed by atoms with Crippen LogP contribution in [0.15, 0.2) is 48.5 Å². The molecule has 2 aromatic carbocycles. The van der Waals surface area contributed by atoms with E-state index in [2.05, 4.69) is 5.32 Å². The Kier molecular flexibility index (Phi) is 7.08. The Morgan fingerprint density at radius 1 is 1.10 bits per heavy atom. The molecule has 0 aliphatic carbocycles. The number of piperidine rings is 1. The molecule has 29 heavy (non-hydrogen) atoms. The summed E-state index contributed by atoms with van der Waals surface area (Å²) in [4.78, 5) is 26.7. The highest BCUT2D eigenvalue weighted by Gasteiger charge is 2.23. The number of anilines is 1. The normalized spacial score (nSPS) is 14.3. The van der Waals surface area contributed by atoms with Crippen molar-refractivity contribution >= 4 is 17.5 Å². The molecular weight excluding hydrogens is 372 g/mol. The first-order valence-corrected chi connectivity index (χ1v) is 9.66. The highest BCUT2D eigenvalue weighted by atomic mass is 16.5. The third kappa shape index (κ3) is 5.71. The summed E-state index contributed by atoms with van der Waals surface area (Å²) in [7, 11) is 1.58. The Morgan fingerprint density at radius 2 is 1.79 bits per heavy atom. The second-order valence-corrected chi connectivity index (χ2v) is 7.01. The lowest BCUT2D eigenvalue weighted by atomic mass is 9.97. The van der Waals surface area contributed by atoms with Gasteiger partial charge in [-0.15, -0.1) is 0 Å². The number of methoxy groups -OCH3 is 1. The van der Waals surface area contributed by atoms with Crippen molar-refractivity contribution in [1.29, 1.82) is 0 Å². The third-order valence-electron chi connectivity index (χ3n) is 4.98. The van der Waals surface area contributed by atoms with Crippen LogP contribution in [-0.4, -0.2) is 55.2 Å². The molecule has 1 saturated heterocycles. The molecule has 1 fully saturated rings. The van der Waals surface area contributed by atoms with Gasteiger partial charge < -0.3 is 24.8 Å². The van der Waals surface area contributed by atoms with E-state index in [9.17, 15) is 14.7 Å². The van der Waals surface area contributed by atoms with Gasteiger partial charge in [-0.2, -0.15) is 0 Å². The van der Waals surface area contributed by atoms with Crippen LogP contribution in [0.1, 0.15) is 23.2 Å². The third-order valence-corrected chi connectivity index (χ3v) is 4.98. The van der Waals surface area contributed by atoms with E-state index < -0.39 is 0 Å². The molecule has 0 atom stereocenters. The fourth-order valence-electron chi connectivity index (χ4n) is 3.25. The number of carbonyl (C=O) groups excluding carboxylic acids is 2. The number of hydrogen-bond acceptors (Lipinski definition) is 5. The number of aliphatic hydroxyl groups is 1. The number of ether oxygens (including phenoxy) is 2. The molecule has 0 saturated carbocycles. The molecule has 1 aliphatic heterocycles. The van der Waals surface area contributed by atoms with E-state index in [-0.39, 0.29) is 30.9 Å². The summed E-state index contributed by atoms with van der Waals surface area (Å²) in [6.45, 7) is 1.30. The Labute approximate surface area is 170 Å². The quantitative estimate of drug-likeness (QED) is 0.748. The van der Waals surface area contributed by atoms with E-state index in [4.69, 9.17) is 9.47 Å². The summed E-state index contributed by atoms with van der Waals surface area (Å²) >= 11 is 0. The number of rotatable bonds is 7. The van der Waals surface area contributed by atoms with Gasteiger partial charge in [0.05, 0.1) is 7.11 Å². The molecule has 7 heteroatoms. The van der Waals surface area contributed by atoms with E-state index in [1.807, 2.05) is 0 Å². The maximum atomic E-state index is 12.7. The van der Waals surface area contributed by atoms with Crippen LogP contribution in [0.4, 0.5) is 5.69 Å².